The normalized spacial score (nSPS) is 29.0. The molecule has 270 valence electrons. The minimum atomic E-state index is -1.53. The number of ether oxygens (including phenoxy) is 2. The van der Waals surface area contributed by atoms with Gasteiger partial charge in [-0.15, -0.1) is 0 Å². The lowest BCUT2D eigenvalue weighted by Crippen LogP contribution is -2.59. The number of nitrogens with zero attached hydrogens (tertiary/aromatic N) is 2. The number of likely N-dealkylation sites (tertiary alicyclic amines) is 1. The number of allylic oxidation sites excluding steroid dienone is 1. The SMILES string of the molecule is Cc1ccc(C)c(N2C/C=C\CCC(=O)NC[C@H](c3ccccc3)OC(=O)[C@H]3[C@@H]4O[C@@]5(C=C4Br)[C@@H]3C(=O)N([C@@H](CO)Cc3ccccc3)[C@@H]5C2=O)c1. The summed E-state index contributed by atoms with van der Waals surface area (Å²) < 4.78 is 13.5. The summed E-state index contributed by atoms with van der Waals surface area (Å²) in [7, 11) is 0. The summed E-state index contributed by atoms with van der Waals surface area (Å²) in [5, 5.41) is 13.9. The molecule has 1 spiro atoms. The molecule has 10 nitrogen and oxygen atoms in total. The average Bonchev–Trinajstić information content (AvgIpc) is 3.75. The molecule has 7 atom stereocenters. The second-order valence-electron chi connectivity index (χ2n) is 14.0. The van der Waals surface area contributed by atoms with Crippen LogP contribution in [0.15, 0.2) is 102 Å². The molecule has 0 aromatic heterocycles. The molecule has 4 aliphatic rings. The van der Waals surface area contributed by atoms with E-state index < -0.39 is 66.1 Å². The molecule has 0 aliphatic carbocycles. The first-order chi connectivity index (χ1) is 25.1. The van der Waals surface area contributed by atoms with Gasteiger partial charge in [-0.1, -0.05) is 101 Å². The molecule has 7 rings (SSSR count). The Hall–Kier alpha value is -4.58. The summed E-state index contributed by atoms with van der Waals surface area (Å²) in [5.41, 5.74) is 2.49. The molecule has 52 heavy (non-hydrogen) atoms. The number of esters is 1. The van der Waals surface area contributed by atoms with E-state index in [9.17, 15) is 14.7 Å². The Labute approximate surface area is 311 Å². The van der Waals surface area contributed by atoms with E-state index in [4.69, 9.17) is 9.47 Å². The Bertz CT molecular complexity index is 1920. The van der Waals surface area contributed by atoms with Crippen molar-refractivity contribution in [3.8, 4) is 0 Å². The molecule has 4 heterocycles. The quantitative estimate of drug-likeness (QED) is 0.271. The Morgan fingerprint density at radius 1 is 0.962 bits per heavy atom. The van der Waals surface area contributed by atoms with Gasteiger partial charge in [-0.05, 0) is 61.1 Å². The number of anilines is 1. The van der Waals surface area contributed by atoms with Crippen LogP contribution >= 0.6 is 15.9 Å². The van der Waals surface area contributed by atoms with E-state index in [1.165, 1.54) is 4.90 Å². The standard InChI is InChI=1S/C41H42BrN3O7/c1-25-17-18-26(2)31(20-25)44-19-11-5-10-16-33(47)43-23-32(28-14-8-4-9-15-28)51-40(50)34-35-38(48)45(29(24-46)21-27-12-6-3-7-13-27)37(39(44)49)41(35)22-30(42)36(34)52-41/h3-9,11-15,17-18,20,22,29,32,34-37,46H,10,16,19,21,23-24H2,1-2H3,(H,43,47)/b11-5-/t29-,32-,34-,35+,36-,37-,41+/m1/s1. The third kappa shape index (κ3) is 6.50. The summed E-state index contributed by atoms with van der Waals surface area (Å²) in [6.45, 7) is 3.64. The molecular formula is C41H42BrN3O7. The van der Waals surface area contributed by atoms with Crippen LogP contribution in [0.2, 0.25) is 0 Å². The van der Waals surface area contributed by atoms with Gasteiger partial charge in [-0.3, -0.25) is 19.2 Å². The number of benzene rings is 3. The number of amides is 3. The van der Waals surface area contributed by atoms with Crippen LogP contribution in [-0.2, 0) is 35.1 Å². The fraction of sp³-hybridized carbons (Fsp3) is 0.366. The van der Waals surface area contributed by atoms with Crippen LogP contribution < -0.4 is 10.2 Å². The van der Waals surface area contributed by atoms with E-state index in [0.29, 0.717) is 22.2 Å². The van der Waals surface area contributed by atoms with Crippen LogP contribution in [0.25, 0.3) is 0 Å². The van der Waals surface area contributed by atoms with Gasteiger partial charge in [0.05, 0.1) is 25.1 Å². The summed E-state index contributed by atoms with van der Waals surface area (Å²) >= 11 is 3.63. The van der Waals surface area contributed by atoms with E-state index in [2.05, 4.69) is 21.2 Å². The third-order valence-corrected chi connectivity index (χ3v) is 11.3. The number of fused-ring (bicyclic) bond motifs is 2. The van der Waals surface area contributed by atoms with E-state index >= 15 is 9.59 Å². The zero-order valence-corrected chi connectivity index (χ0v) is 30.7. The molecule has 2 saturated heterocycles. The van der Waals surface area contributed by atoms with Gasteiger partial charge < -0.3 is 29.7 Å². The molecule has 11 heteroatoms. The zero-order valence-electron chi connectivity index (χ0n) is 29.1. The van der Waals surface area contributed by atoms with E-state index in [-0.39, 0.29) is 31.8 Å². The van der Waals surface area contributed by atoms with Gasteiger partial charge in [-0.25, -0.2) is 0 Å². The summed E-state index contributed by atoms with van der Waals surface area (Å²) in [6, 6.07) is 22.5. The van der Waals surface area contributed by atoms with Crippen molar-refractivity contribution >= 4 is 45.3 Å². The van der Waals surface area contributed by atoms with Gasteiger partial charge in [0.1, 0.15) is 29.8 Å². The number of nitrogens with one attached hydrogen (secondary N) is 1. The number of aliphatic hydroxyl groups excluding tert-OH is 1. The lowest BCUT2D eigenvalue weighted by atomic mass is 9.74. The highest BCUT2D eigenvalue weighted by Gasteiger charge is 2.75. The highest BCUT2D eigenvalue weighted by molar-refractivity contribution is 9.11. The number of carbonyl (C=O) groups is 4. The van der Waals surface area contributed by atoms with Crippen molar-refractivity contribution in [1.29, 1.82) is 0 Å². The van der Waals surface area contributed by atoms with Gasteiger partial charge >= 0.3 is 5.97 Å². The molecule has 0 saturated carbocycles. The van der Waals surface area contributed by atoms with Crippen molar-refractivity contribution < 1.29 is 33.8 Å². The maximum absolute atomic E-state index is 15.4. The first-order valence-corrected chi connectivity index (χ1v) is 18.5. The first-order valence-electron chi connectivity index (χ1n) is 17.7. The predicted molar refractivity (Wildman–Crippen MR) is 198 cm³/mol. The summed E-state index contributed by atoms with van der Waals surface area (Å²) in [4.78, 5) is 60.9. The number of rotatable bonds is 6. The molecule has 5 bridgehead atoms. The van der Waals surface area contributed by atoms with Gasteiger partial charge in [-0.2, -0.15) is 0 Å². The maximum Gasteiger partial charge on any atom is 0.313 e. The predicted octanol–water partition coefficient (Wildman–Crippen LogP) is 4.86. The van der Waals surface area contributed by atoms with Crippen molar-refractivity contribution in [3.05, 3.63) is 124 Å². The average molecular weight is 769 g/mol. The summed E-state index contributed by atoms with van der Waals surface area (Å²) in [6.07, 6.45) is 4.67. The largest absolute Gasteiger partial charge is 0.455 e. The fourth-order valence-electron chi connectivity index (χ4n) is 8.12. The number of hydrogen-bond donors (Lipinski definition) is 2. The van der Waals surface area contributed by atoms with Crippen LogP contribution in [0, 0.1) is 25.7 Å². The third-order valence-electron chi connectivity index (χ3n) is 10.6. The van der Waals surface area contributed by atoms with Crippen molar-refractivity contribution in [2.75, 3.05) is 24.6 Å². The lowest BCUT2D eigenvalue weighted by molar-refractivity contribution is -0.160. The van der Waals surface area contributed by atoms with Gasteiger partial charge in [0.15, 0.2) is 0 Å². The first kappa shape index (κ1) is 35.8. The van der Waals surface area contributed by atoms with Gasteiger partial charge in [0.2, 0.25) is 11.8 Å². The van der Waals surface area contributed by atoms with Crippen LogP contribution in [0.3, 0.4) is 0 Å². The smallest absolute Gasteiger partial charge is 0.313 e. The Morgan fingerprint density at radius 3 is 2.42 bits per heavy atom. The van der Waals surface area contributed by atoms with Crippen LogP contribution in [0.4, 0.5) is 5.69 Å². The lowest BCUT2D eigenvalue weighted by Gasteiger charge is -2.39. The fourth-order valence-corrected chi connectivity index (χ4v) is 8.86. The molecule has 3 aromatic rings. The monoisotopic (exact) mass is 767 g/mol. The molecule has 3 aromatic carbocycles. The number of aliphatic hydroxyl groups is 1. The number of hydrogen-bond acceptors (Lipinski definition) is 7. The van der Waals surface area contributed by atoms with Crippen molar-refractivity contribution in [2.45, 2.75) is 63.0 Å². The highest BCUT2D eigenvalue weighted by atomic mass is 79.9. The number of cyclic esters (lactones) is 1. The molecule has 2 fully saturated rings. The van der Waals surface area contributed by atoms with Crippen molar-refractivity contribution in [1.82, 2.24) is 10.2 Å². The van der Waals surface area contributed by atoms with E-state index in [1.54, 1.807) is 11.0 Å². The van der Waals surface area contributed by atoms with Crippen molar-refractivity contribution in [3.63, 3.8) is 0 Å². The molecule has 4 aliphatic heterocycles. The minimum absolute atomic E-state index is 0.0363. The minimum Gasteiger partial charge on any atom is -0.455 e. The van der Waals surface area contributed by atoms with E-state index in [1.807, 2.05) is 105 Å². The number of halogens is 1. The second kappa shape index (κ2) is 14.8. The van der Waals surface area contributed by atoms with E-state index in [0.717, 1.165) is 16.7 Å². The Balaban J connectivity index is 1.37. The van der Waals surface area contributed by atoms with Crippen LogP contribution in [-0.4, -0.2) is 77.2 Å². The van der Waals surface area contributed by atoms with Gasteiger partial charge in [0, 0.05) is 23.1 Å². The summed E-state index contributed by atoms with van der Waals surface area (Å²) in [5.74, 6) is -3.96. The second-order valence-corrected chi connectivity index (χ2v) is 14.9. The van der Waals surface area contributed by atoms with Gasteiger partial charge in [0.25, 0.3) is 5.91 Å². The van der Waals surface area contributed by atoms with Crippen LogP contribution in [0.5, 0.6) is 0 Å². The van der Waals surface area contributed by atoms with Crippen LogP contribution in [0.1, 0.15) is 41.2 Å². The molecule has 3 amide bonds. The molecule has 2 N–H and O–H groups in total. The topological polar surface area (TPSA) is 125 Å². The maximum atomic E-state index is 15.4. The zero-order chi connectivity index (χ0) is 36.6. The number of carbonyl (C=O) groups excluding carboxylic acids is 4. The molecule has 0 radical (unpaired) electrons. The molecular weight excluding hydrogens is 726 g/mol. The highest BCUT2D eigenvalue weighted by Crippen LogP contribution is 2.59. The Kier molecular flexibility index (Phi) is 10.2. The number of aryl methyl sites for hydroxylation is 2. The Morgan fingerprint density at radius 2 is 1.69 bits per heavy atom. The molecule has 0 unspecified atom stereocenters. The van der Waals surface area contributed by atoms with Crippen molar-refractivity contribution in [2.24, 2.45) is 11.8 Å².